The summed E-state index contributed by atoms with van der Waals surface area (Å²) in [4.78, 5) is 0. The fraction of sp³-hybridized carbons (Fsp3) is 0.333. The van der Waals surface area contributed by atoms with Crippen molar-refractivity contribution >= 4 is 0 Å². The van der Waals surface area contributed by atoms with Crippen LogP contribution in [0.15, 0.2) is 34.7 Å². The van der Waals surface area contributed by atoms with E-state index >= 15 is 0 Å². The van der Waals surface area contributed by atoms with Crippen LogP contribution in [0.5, 0.6) is 0 Å². The van der Waals surface area contributed by atoms with Gasteiger partial charge in [-0.3, -0.25) is 0 Å². The van der Waals surface area contributed by atoms with Crippen LogP contribution in [0.25, 0.3) is 11.3 Å². The Labute approximate surface area is 102 Å². The molecule has 1 unspecified atom stereocenters. The molecule has 0 aliphatic heterocycles. The molecule has 0 aliphatic rings. The zero-order chi connectivity index (χ0) is 12.4. The Morgan fingerprint density at radius 3 is 2.53 bits per heavy atom. The molecule has 1 N–H and O–H groups in total. The monoisotopic (exact) mass is 230 g/mol. The minimum absolute atomic E-state index is 0.556. The van der Waals surface area contributed by atoms with Crippen molar-refractivity contribution in [2.24, 2.45) is 0 Å². The highest BCUT2D eigenvalue weighted by molar-refractivity contribution is 5.59. The number of aliphatic hydroxyl groups is 1. The normalized spacial score (nSPS) is 12.7. The summed E-state index contributed by atoms with van der Waals surface area (Å²) in [6, 6.07) is 10.1. The van der Waals surface area contributed by atoms with Gasteiger partial charge in [0.1, 0.15) is 17.6 Å². The van der Waals surface area contributed by atoms with Crippen molar-refractivity contribution in [2.45, 2.75) is 33.3 Å². The first-order chi connectivity index (χ1) is 8.11. The highest BCUT2D eigenvalue weighted by atomic mass is 16.4. The lowest BCUT2D eigenvalue weighted by Gasteiger charge is -2.05. The van der Waals surface area contributed by atoms with Crippen molar-refractivity contribution in [2.75, 3.05) is 0 Å². The first kappa shape index (κ1) is 11.9. The van der Waals surface area contributed by atoms with Crippen molar-refractivity contribution in [3.8, 4) is 11.3 Å². The maximum atomic E-state index is 9.43. The lowest BCUT2D eigenvalue weighted by atomic mass is 10.0. The summed E-state index contributed by atoms with van der Waals surface area (Å²) in [7, 11) is 0. The van der Waals surface area contributed by atoms with Crippen LogP contribution in [-0.2, 0) is 6.42 Å². The van der Waals surface area contributed by atoms with Gasteiger partial charge in [0, 0.05) is 5.56 Å². The van der Waals surface area contributed by atoms with Crippen LogP contribution in [0, 0.1) is 6.92 Å². The number of rotatable bonds is 3. The molecule has 1 aromatic carbocycles. The number of benzene rings is 1. The van der Waals surface area contributed by atoms with Crippen LogP contribution < -0.4 is 0 Å². The molecule has 0 radical (unpaired) electrons. The Kier molecular flexibility index (Phi) is 3.34. The molecule has 0 aliphatic carbocycles. The average molecular weight is 230 g/mol. The molecule has 1 atom stereocenters. The second-order valence-electron chi connectivity index (χ2n) is 4.37. The Morgan fingerprint density at radius 1 is 1.24 bits per heavy atom. The molecule has 2 aromatic rings. The maximum Gasteiger partial charge on any atom is 0.134 e. The minimum Gasteiger partial charge on any atom is -0.458 e. The lowest BCUT2D eigenvalue weighted by Crippen LogP contribution is -1.87. The number of aryl methyl sites for hydroxylation is 2. The zero-order valence-electron chi connectivity index (χ0n) is 10.5. The quantitative estimate of drug-likeness (QED) is 0.868. The Bertz CT molecular complexity index is 509. The third-order valence-corrected chi connectivity index (χ3v) is 3.05. The lowest BCUT2D eigenvalue weighted by molar-refractivity contribution is 0.170. The molecule has 1 aromatic heterocycles. The Hall–Kier alpha value is -1.54. The predicted octanol–water partition coefficient (Wildman–Crippen LogP) is 3.87. The third kappa shape index (κ3) is 2.42. The maximum absolute atomic E-state index is 9.43. The highest BCUT2D eigenvalue weighted by Gasteiger charge is 2.09. The van der Waals surface area contributed by atoms with Crippen molar-refractivity contribution in [1.29, 1.82) is 0 Å². The number of furan rings is 1. The molecule has 2 nitrogen and oxygen atoms in total. The van der Waals surface area contributed by atoms with Gasteiger partial charge < -0.3 is 9.52 Å². The molecule has 2 rings (SSSR count). The van der Waals surface area contributed by atoms with Gasteiger partial charge >= 0.3 is 0 Å². The van der Waals surface area contributed by atoms with Crippen LogP contribution >= 0.6 is 0 Å². The van der Waals surface area contributed by atoms with E-state index in [9.17, 15) is 5.11 Å². The SMILES string of the molecule is CCc1ccc(-c2ccc(C(C)O)o2)cc1C. The molecule has 0 fully saturated rings. The molecule has 0 spiro atoms. The van der Waals surface area contributed by atoms with E-state index in [0.29, 0.717) is 5.76 Å². The molecule has 90 valence electrons. The third-order valence-electron chi connectivity index (χ3n) is 3.05. The summed E-state index contributed by atoms with van der Waals surface area (Å²) >= 11 is 0. The fourth-order valence-electron chi connectivity index (χ4n) is 1.98. The summed E-state index contributed by atoms with van der Waals surface area (Å²) < 4.78 is 5.61. The largest absolute Gasteiger partial charge is 0.458 e. The van der Waals surface area contributed by atoms with E-state index in [1.807, 2.05) is 12.1 Å². The van der Waals surface area contributed by atoms with Gasteiger partial charge in [-0.25, -0.2) is 0 Å². The summed E-state index contributed by atoms with van der Waals surface area (Å²) in [6.07, 6.45) is 0.489. The second kappa shape index (κ2) is 4.76. The van der Waals surface area contributed by atoms with E-state index in [0.717, 1.165) is 17.7 Å². The minimum atomic E-state index is -0.556. The van der Waals surface area contributed by atoms with Crippen LogP contribution in [-0.4, -0.2) is 5.11 Å². The Balaban J connectivity index is 2.36. The molecule has 0 saturated carbocycles. The van der Waals surface area contributed by atoms with Gasteiger partial charge in [-0.1, -0.05) is 19.1 Å². The zero-order valence-corrected chi connectivity index (χ0v) is 10.5. The van der Waals surface area contributed by atoms with Crippen molar-refractivity contribution in [1.82, 2.24) is 0 Å². The van der Waals surface area contributed by atoms with Gasteiger partial charge in [-0.15, -0.1) is 0 Å². The van der Waals surface area contributed by atoms with Crippen LogP contribution in [0.2, 0.25) is 0 Å². The van der Waals surface area contributed by atoms with Gasteiger partial charge in [0.05, 0.1) is 0 Å². The number of aliphatic hydroxyl groups excluding tert-OH is 1. The highest BCUT2D eigenvalue weighted by Crippen LogP contribution is 2.26. The average Bonchev–Trinajstić information content (AvgIpc) is 2.78. The molecule has 0 saturated heterocycles. The van der Waals surface area contributed by atoms with E-state index in [1.54, 1.807) is 6.92 Å². The van der Waals surface area contributed by atoms with Crippen LogP contribution in [0.3, 0.4) is 0 Å². The fourth-order valence-corrected chi connectivity index (χ4v) is 1.98. The predicted molar refractivity (Wildman–Crippen MR) is 68.9 cm³/mol. The summed E-state index contributed by atoms with van der Waals surface area (Å²) in [5.74, 6) is 1.42. The first-order valence-corrected chi connectivity index (χ1v) is 5.99. The van der Waals surface area contributed by atoms with E-state index in [1.165, 1.54) is 11.1 Å². The number of hydrogen-bond donors (Lipinski definition) is 1. The van der Waals surface area contributed by atoms with Crippen LogP contribution in [0.4, 0.5) is 0 Å². The van der Waals surface area contributed by atoms with Crippen molar-refractivity contribution in [3.05, 3.63) is 47.2 Å². The first-order valence-electron chi connectivity index (χ1n) is 5.99. The summed E-state index contributed by atoms with van der Waals surface area (Å²) in [5, 5.41) is 9.43. The van der Waals surface area contributed by atoms with E-state index in [4.69, 9.17) is 4.42 Å². The Morgan fingerprint density at radius 2 is 2.00 bits per heavy atom. The standard InChI is InChI=1S/C15H18O2/c1-4-12-5-6-13(9-10(12)2)15-8-7-14(17-15)11(3)16/h5-9,11,16H,4H2,1-3H3. The van der Waals surface area contributed by atoms with Crippen molar-refractivity contribution < 1.29 is 9.52 Å². The van der Waals surface area contributed by atoms with Crippen LogP contribution in [0.1, 0.15) is 36.8 Å². The molecule has 2 heteroatoms. The molecular weight excluding hydrogens is 212 g/mol. The van der Waals surface area contributed by atoms with E-state index in [2.05, 4.69) is 32.0 Å². The smallest absolute Gasteiger partial charge is 0.134 e. The molecule has 1 heterocycles. The van der Waals surface area contributed by atoms with Gasteiger partial charge in [0.25, 0.3) is 0 Å². The molecule has 17 heavy (non-hydrogen) atoms. The van der Waals surface area contributed by atoms with Gasteiger partial charge in [-0.2, -0.15) is 0 Å². The number of hydrogen-bond acceptors (Lipinski definition) is 2. The van der Waals surface area contributed by atoms with Gasteiger partial charge in [0.2, 0.25) is 0 Å². The molecular formula is C15H18O2. The van der Waals surface area contributed by atoms with E-state index in [-0.39, 0.29) is 0 Å². The molecule has 0 amide bonds. The van der Waals surface area contributed by atoms with E-state index < -0.39 is 6.10 Å². The van der Waals surface area contributed by atoms with Crippen molar-refractivity contribution in [3.63, 3.8) is 0 Å². The second-order valence-corrected chi connectivity index (χ2v) is 4.37. The van der Waals surface area contributed by atoms with Gasteiger partial charge in [0.15, 0.2) is 0 Å². The summed E-state index contributed by atoms with van der Waals surface area (Å²) in [5.41, 5.74) is 3.70. The topological polar surface area (TPSA) is 33.4 Å². The van der Waals surface area contributed by atoms with Gasteiger partial charge in [-0.05, 0) is 49.6 Å². The summed E-state index contributed by atoms with van der Waals surface area (Å²) in [6.45, 7) is 5.97. The molecule has 0 bridgehead atoms.